The Morgan fingerprint density at radius 3 is 2.54 bits per heavy atom. The minimum absolute atomic E-state index is 0.120. The van der Waals surface area contributed by atoms with Crippen molar-refractivity contribution < 1.29 is 24.0 Å². The van der Waals surface area contributed by atoms with Crippen molar-refractivity contribution >= 4 is 5.91 Å². The van der Waals surface area contributed by atoms with Crippen molar-refractivity contribution in [2.45, 2.75) is 46.2 Å². The second kappa shape index (κ2) is 10.8. The number of hydrogen-bond acceptors (Lipinski definition) is 4. The average molecular weight is 390 g/mol. The summed E-state index contributed by atoms with van der Waals surface area (Å²) in [5, 5.41) is 2.10. The van der Waals surface area contributed by atoms with Gasteiger partial charge >= 0.3 is 0 Å². The van der Waals surface area contributed by atoms with Crippen LogP contribution in [0.1, 0.15) is 37.4 Å². The zero-order valence-electron chi connectivity index (χ0n) is 17.7. The maximum Gasteiger partial charge on any atom is 0.278 e. The van der Waals surface area contributed by atoms with Crippen molar-refractivity contribution in [1.29, 1.82) is 0 Å². The second-order valence-electron chi connectivity index (χ2n) is 7.09. The number of furan rings is 1. The lowest BCUT2D eigenvalue weighted by Gasteiger charge is -2.22. The molecule has 1 atom stereocenters. The number of nitrogens with zero attached hydrogens (tertiary/aromatic N) is 1. The Balaban J connectivity index is 2.06. The molecule has 0 saturated carbocycles. The molecule has 1 heterocycles. The van der Waals surface area contributed by atoms with Crippen LogP contribution >= 0.6 is 0 Å². The van der Waals surface area contributed by atoms with Crippen molar-refractivity contribution in [3.8, 4) is 11.5 Å². The van der Waals surface area contributed by atoms with Gasteiger partial charge in [-0.2, -0.15) is 0 Å². The van der Waals surface area contributed by atoms with Crippen LogP contribution in [0.25, 0.3) is 0 Å². The Labute approximate surface area is 167 Å². The van der Waals surface area contributed by atoms with Gasteiger partial charge in [-0.25, -0.2) is 0 Å². The van der Waals surface area contributed by atoms with E-state index in [1.165, 1.54) is 0 Å². The molecule has 154 valence electrons. The molecule has 6 heteroatoms. The van der Waals surface area contributed by atoms with Gasteiger partial charge in [-0.3, -0.25) is 4.79 Å². The summed E-state index contributed by atoms with van der Waals surface area (Å²) in [5.74, 6) is 3.18. The van der Waals surface area contributed by atoms with E-state index >= 15 is 0 Å². The Kier molecular flexibility index (Phi) is 8.39. The molecule has 0 aliphatic carbocycles. The first-order valence-electron chi connectivity index (χ1n) is 9.84. The van der Waals surface area contributed by atoms with E-state index in [0.29, 0.717) is 37.2 Å². The summed E-state index contributed by atoms with van der Waals surface area (Å²) in [7, 11) is 3.25. The van der Waals surface area contributed by atoms with Crippen LogP contribution in [-0.4, -0.2) is 44.2 Å². The predicted molar refractivity (Wildman–Crippen MR) is 109 cm³/mol. The molecular formula is C22H33N2O4+. The number of carbonyl (C=O) groups is 1. The largest absolute Gasteiger partial charge is 0.493 e. The molecule has 6 nitrogen and oxygen atoms in total. The highest BCUT2D eigenvalue weighted by molar-refractivity contribution is 5.77. The normalized spacial score (nSPS) is 11.9. The van der Waals surface area contributed by atoms with E-state index in [0.717, 1.165) is 29.9 Å². The van der Waals surface area contributed by atoms with Crippen LogP contribution in [0.4, 0.5) is 0 Å². The smallest absolute Gasteiger partial charge is 0.278 e. The summed E-state index contributed by atoms with van der Waals surface area (Å²) < 4.78 is 16.4. The molecule has 0 radical (unpaired) electrons. The number of rotatable bonds is 11. The number of quaternary nitrogens is 1. The molecule has 0 aliphatic heterocycles. The monoisotopic (exact) mass is 389 g/mol. The number of nitrogens with two attached hydrogens (primary N) is 1. The fourth-order valence-electron chi connectivity index (χ4n) is 2.95. The number of amides is 1. The van der Waals surface area contributed by atoms with Crippen LogP contribution < -0.4 is 14.8 Å². The van der Waals surface area contributed by atoms with Crippen molar-refractivity contribution in [2.75, 3.05) is 27.3 Å². The molecule has 0 saturated heterocycles. The molecule has 1 amide bonds. The summed E-state index contributed by atoms with van der Waals surface area (Å²) in [4.78, 5) is 14.7. The van der Waals surface area contributed by atoms with Gasteiger partial charge in [0.05, 0.1) is 26.8 Å². The standard InChI is InChI=1S/C22H32N2O4/c1-6-16(2)23-14-22(25)24(15-19-9-7-17(3)28-19)12-11-18-8-10-20(26-4)21(13-18)27-5/h7-10,13,16,23H,6,11-12,14-15H2,1-5H3/p+1/t16-/m0/s1. The lowest BCUT2D eigenvalue weighted by molar-refractivity contribution is -0.676. The summed E-state index contributed by atoms with van der Waals surface area (Å²) in [5.41, 5.74) is 1.09. The summed E-state index contributed by atoms with van der Waals surface area (Å²) in [6.07, 6.45) is 1.77. The zero-order valence-corrected chi connectivity index (χ0v) is 17.7. The molecule has 28 heavy (non-hydrogen) atoms. The van der Waals surface area contributed by atoms with Crippen molar-refractivity contribution in [2.24, 2.45) is 0 Å². The van der Waals surface area contributed by atoms with Gasteiger partial charge in [0.25, 0.3) is 5.91 Å². The van der Waals surface area contributed by atoms with Crippen molar-refractivity contribution in [1.82, 2.24) is 4.90 Å². The Morgan fingerprint density at radius 1 is 1.18 bits per heavy atom. The molecule has 0 fully saturated rings. The summed E-state index contributed by atoms with van der Waals surface area (Å²) in [6.45, 7) is 7.72. The Bertz CT molecular complexity index is 757. The van der Waals surface area contributed by atoms with Gasteiger partial charge in [-0.1, -0.05) is 13.0 Å². The van der Waals surface area contributed by atoms with Crippen LogP contribution in [-0.2, 0) is 17.8 Å². The van der Waals surface area contributed by atoms with Gasteiger partial charge in [-0.15, -0.1) is 0 Å². The SMILES string of the molecule is CC[C@H](C)[NH2+]CC(=O)N(CCc1ccc(OC)c(OC)c1)Cc1ccc(C)o1. The molecule has 1 aromatic carbocycles. The maximum atomic E-state index is 12.8. The third-order valence-corrected chi connectivity index (χ3v) is 4.95. The van der Waals surface area contributed by atoms with E-state index in [9.17, 15) is 4.79 Å². The van der Waals surface area contributed by atoms with Crippen molar-refractivity contribution in [3.05, 3.63) is 47.4 Å². The van der Waals surface area contributed by atoms with E-state index in [1.54, 1.807) is 14.2 Å². The number of benzene rings is 1. The molecule has 2 rings (SSSR count). The van der Waals surface area contributed by atoms with Gasteiger partial charge in [0.15, 0.2) is 18.0 Å². The highest BCUT2D eigenvalue weighted by atomic mass is 16.5. The van der Waals surface area contributed by atoms with Crippen LogP contribution in [0, 0.1) is 6.92 Å². The third kappa shape index (κ3) is 6.30. The minimum Gasteiger partial charge on any atom is -0.493 e. The van der Waals surface area contributed by atoms with E-state index in [-0.39, 0.29) is 5.91 Å². The fraction of sp³-hybridized carbons (Fsp3) is 0.500. The van der Waals surface area contributed by atoms with Gasteiger partial charge in [0.1, 0.15) is 11.5 Å². The highest BCUT2D eigenvalue weighted by Crippen LogP contribution is 2.27. The van der Waals surface area contributed by atoms with Crippen LogP contribution in [0.15, 0.2) is 34.7 Å². The van der Waals surface area contributed by atoms with Gasteiger partial charge < -0.3 is 24.1 Å². The lowest BCUT2D eigenvalue weighted by atomic mass is 10.1. The van der Waals surface area contributed by atoms with Gasteiger partial charge in [0.2, 0.25) is 0 Å². The molecule has 2 N–H and O–H groups in total. The van der Waals surface area contributed by atoms with Crippen LogP contribution in [0.2, 0.25) is 0 Å². The van der Waals surface area contributed by atoms with Gasteiger partial charge in [0, 0.05) is 6.54 Å². The van der Waals surface area contributed by atoms with Crippen molar-refractivity contribution in [3.63, 3.8) is 0 Å². The van der Waals surface area contributed by atoms with E-state index < -0.39 is 0 Å². The van der Waals surface area contributed by atoms with E-state index in [4.69, 9.17) is 13.9 Å². The molecule has 0 unspecified atom stereocenters. The number of ether oxygens (including phenoxy) is 2. The molecule has 1 aromatic heterocycles. The summed E-state index contributed by atoms with van der Waals surface area (Å²) >= 11 is 0. The highest BCUT2D eigenvalue weighted by Gasteiger charge is 2.18. The molecular weight excluding hydrogens is 356 g/mol. The minimum atomic E-state index is 0.120. The van der Waals surface area contributed by atoms with Gasteiger partial charge in [-0.05, 0) is 56.5 Å². The first kappa shape index (κ1) is 21.8. The number of aryl methyl sites for hydroxylation is 1. The van der Waals surface area contributed by atoms with E-state index in [1.807, 2.05) is 42.2 Å². The Morgan fingerprint density at radius 2 is 1.93 bits per heavy atom. The van der Waals surface area contributed by atoms with Crippen LogP contribution in [0.3, 0.4) is 0 Å². The Hall–Kier alpha value is -2.47. The number of carbonyl (C=O) groups excluding carboxylic acids is 1. The zero-order chi connectivity index (χ0) is 20.5. The maximum absolute atomic E-state index is 12.8. The predicted octanol–water partition coefficient (Wildman–Crippen LogP) is 2.54. The number of methoxy groups -OCH3 is 2. The second-order valence-corrected chi connectivity index (χ2v) is 7.09. The average Bonchev–Trinajstić information content (AvgIpc) is 3.13. The first-order valence-corrected chi connectivity index (χ1v) is 9.84. The molecule has 0 aliphatic rings. The third-order valence-electron chi connectivity index (χ3n) is 4.95. The van der Waals surface area contributed by atoms with E-state index in [2.05, 4.69) is 19.2 Å². The summed E-state index contributed by atoms with van der Waals surface area (Å²) in [6, 6.07) is 10.2. The quantitative estimate of drug-likeness (QED) is 0.641. The molecule has 2 aromatic rings. The van der Waals surface area contributed by atoms with Crippen LogP contribution in [0.5, 0.6) is 11.5 Å². The topological polar surface area (TPSA) is 68.5 Å². The molecule has 0 bridgehead atoms. The first-order chi connectivity index (χ1) is 13.5. The lowest BCUT2D eigenvalue weighted by Crippen LogP contribution is -2.91. The fourth-order valence-corrected chi connectivity index (χ4v) is 2.95. The molecule has 0 spiro atoms. The number of hydrogen-bond donors (Lipinski definition) is 1.